The first kappa shape index (κ1) is 12.6. The van der Waals surface area contributed by atoms with Crippen LogP contribution in [0.1, 0.15) is 16.8 Å². The lowest BCUT2D eigenvalue weighted by molar-refractivity contribution is -0.115. The number of carbonyl (C=O) groups is 2. The number of aromatic carboxylic acids is 1. The molecule has 0 saturated carbocycles. The van der Waals surface area contributed by atoms with E-state index in [4.69, 9.17) is 5.11 Å². The standard InChI is InChI=1S/C10H9BrFNO3/c11-4-3-9(14)13-8-5-6(10(15)16)1-2-7(8)12/h1-2,5H,3-4H2,(H,13,14)(H,15,16). The van der Waals surface area contributed by atoms with Crippen molar-refractivity contribution in [3.8, 4) is 0 Å². The smallest absolute Gasteiger partial charge is 0.335 e. The van der Waals surface area contributed by atoms with E-state index in [9.17, 15) is 14.0 Å². The lowest BCUT2D eigenvalue weighted by atomic mass is 10.2. The van der Waals surface area contributed by atoms with Crippen molar-refractivity contribution in [1.29, 1.82) is 0 Å². The summed E-state index contributed by atoms with van der Waals surface area (Å²) in [7, 11) is 0. The number of hydrogen-bond acceptors (Lipinski definition) is 2. The van der Waals surface area contributed by atoms with E-state index < -0.39 is 11.8 Å². The van der Waals surface area contributed by atoms with Gasteiger partial charge in [0.15, 0.2) is 0 Å². The van der Waals surface area contributed by atoms with Crippen molar-refractivity contribution < 1.29 is 19.1 Å². The number of hydrogen-bond donors (Lipinski definition) is 2. The molecule has 16 heavy (non-hydrogen) atoms. The Kier molecular flexibility index (Phi) is 4.42. The van der Waals surface area contributed by atoms with E-state index in [1.807, 2.05) is 0 Å². The van der Waals surface area contributed by atoms with Gasteiger partial charge in [-0.3, -0.25) is 4.79 Å². The van der Waals surface area contributed by atoms with Gasteiger partial charge in [-0.25, -0.2) is 9.18 Å². The molecule has 1 amide bonds. The van der Waals surface area contributed by atoms with E-state index in [1.54, 1.807) is 0 Å². The van der Waals surface area contributed by atoms with E-state index in [2.05, 4.69) is 21.2 Å². The van der Waals surface area contributed by atoms with Crippen LogP contribution in [0.15, 0.2) is 18.2 Å². The summed E-state index contributed by atoms with van der Waals surface area (Å²) in [6.45, 7) is 0. The first-order valence-corrected chi connectivity index (χ1v) is 5.55. The Morgan fingerprint density at radius 1 is 1.44 bits per heavy atom. The maximum atomic E-state index is 13.2. The molecule has 0 bridgehead atoms. The fourth-order valence-electron chi connectivity index (χ4n) is 1.05. The van der Waals surface area contributed by atoms with Gasteiger partial charge in [0, 0.05) is 11.8 Å². The molecule has 4 nitrogen and oxygen atoms in total. The van der Waals surface area contributed by atoms with Gasteiger partial charge in [0.1, 0.15) is 5.82 Å². The fourth-order valence-corrected chi connectivity index (χ4v) is 1.41. The second kappa shape index (κ2) is 5.60. The molecular weight excluding hydrogens is 281 g/mol. The fraction of sp³-hybridized carbons (Fsp3) is 0.200. The SMILES string of the molecule is O=C(CCBr)Nc1cc(C(=O)O)ccc1F. The zero-order valence-corrected chi connectivity index (χ0v) is 9.75. The van der Waals surface area contributed by atoms with Gasteiger partial charge in [0.05, 0.1) is 11.3 Å². The first-order chi connectivity index (χ1) is 7.54. The molecule has 0 radical (unpaired) electrons. The molecule has 0 saturated heterocycles. The number of nitrogens with one attached hydrogen (secondary N) is 1. The molecule has 0 aliphatic heterocycles. The molecule has 0 aliphatic carbocycles. The van der Waals surface area contributed by atoms with Gasteiger partial charge in [-0.15, -0.1) is 0 Å². The molecule has 0 spiro atoms. The summed E-state index contributed by atoms with van der Waals surface area (Å²) in [5, 5.41) is 11.5. The third kappa shape index (κ3) is 3.30. The topological polar surface area (TPSA) is 66.4 Å². The molecule has 0 aromatic heterocycles. The van der Waals surface area contributed by atoms with E-state index >= 15 is 0 Å². The molecular formula is C10H9BrFNO3. The van der Waals surface area contributed by atoms with Crippen LogP contribution in [-0.4, -0.2) is 22.3 Å². The van der Waals surface area contributed by atoms with E-state index in [0.29, 0.717) is 5.33 Å². The average Bonchev–Trinajstić information content (AvgIpc) is 2.21. The van der Waals surface area contributed by atoms with Crippen LogP contribution in [0.5, 0.6) is 0 Å². The highest BCUT2D eigenvalue weighted by Crippen LogP contribution is 2.16. The van der Waals surface area contributed by atoms with Crippen molar-refractivity contribution in [1.82, 2.24) is 0 Å². The highest BCUT2D eigenvalue weighted by molar-refractivity contribution is 9.09. The van der Waals surface area contributed by atoms with E-state index in [1.165, 1.54) is 0 Å². The minimum Gasteiger partial charge on any atom is -0.478 e. The molecule has 0 unspecified atom stereocenters. The lowest BCUT2D eigenvalue weighted by Crippen LogP contribution is -2.13. The van der Waals surface area contributed by atoms with Gasteiger partial charge in [-0.2, -0.15) is 0 Å². The molecule has 1 aromatic carbocycles. The Hall–Kier alpha value is -1.43. The summed E-state index contributed by atoms with van der Waals surface area (Å²) in [4.78, 5) is 21.8. The van der Waals surface area contributed by atoms with Crippen molar-refractivity contribution in [2.75, 3.05) is 10.6 Å². The van der Waals surface area contributed by atoms with Crippen LogP contribution in [0.2, 0.25) is 0 Å². The molecule has 0 heterocycles. The number of benzene rings is 1. The highest BCUT2D eigenvalue weighted by atomic mass is 79.9. The summed E-state index contributed by atoms with van der Waals surface area (Å²) in [6, 6.07) is 3.23. The van der Waals surface area contributed by atoms with Crippen molar-refractivity contribution in [3.05, 3.63) is 29.6 Å². The second-order valence-electron chi connectivity index (χ2n) is 2.99. The van der Waals surface area contributed by atoms with Crippen LogP contribution in [0.3, 0.4) is 0 Å². The summed E-state index contributed by atoms with van der Waals surface area (Å²) >= 11 is 3.07. The van der Waals surface area contributed by atoms with Crippen LogP contribution in [0.25, 0.3) is 0 Å². The molecule has 0 aliphatic rings. The van der Waals surface area contributed by atoms with E-state index in [0.717, 1.165) is 18.2 Å². The highest BCUT2D eigenvalue weighted by Gasteiger charge is 2.10. The molecule has 86 valence electrons. The number of carbonyl (C=O) groups excluding carboxylic acids is 1. The van der Waals surface area contributed by atoms with Gasteiger partial charge in [0.2, 0.25) is 5.91 Å². The van der Waals surface area contributed by atoms with Crippen LogP contribution in [0, 0.1) is 5.82 Å². The van der Waals surface area contributed by atoms with Gasteiger partial charge in [0.25, 0.3) is 0 Å². The second-order valence-corrected chi connectivity index (χ2v) is 3.78. The summed E-state index contributed by atoms with van der Waals surface area (Å²) < 4.78 is 13.2. The molecule has 1 rings (SSSR count). The number of anilines is 1. The van der Waals surface area contributed by atoms with E-state index in [-0.39, 0.29) is 23.6 Å². The van der Waals surface area contributed by atoms with Gasteiger partial charge in [-0.05, 0) is 18.2 Å². The minimum atomic E-state index is -1.17. The van der Waals surface area contributed by atoms with Crippen molar-refractivity contribution in [2.45, 2.75) is 6.42 Å². The van der Waals surface area contributed by atoms with Crippen molar-refractivity contribution in [3.63, 3.8) is 0 Å². The Labute approximate surface area is 99.6 Å². The number of halogens is 2. The average molecular weight is 290 g/mol. The predicted molar refractivity (Wildman–Crippen MR) is 60.4 cm³/mol. The van der Waals surface area contributed by atoms with Crippen LogP contribution >= 0.6 is 15.9 Å². The predicted octanol–water partition coefficient (Wildman–Crippen LogP) is 2.25. The largest absolute Gasteiger partial charge is 0.478 e. The third-order valence-electron chi connectivity index (χ3n) is 1.81. The number of rotatable bonds is 4. The van der Waals surface area contributed by atoms with Crippen LogP contribution < -0.4 is 5.32 Å². The van der Waals surface area contributed by atoms with Gasteiger partial charge >= 0.3 is 5.97 Å². The zero-order chi connectivity index (χ0) is 12.1. The molecule has 0 fully saturated rings. The Bertz CT molecular complexity index is 423. The van der Waals surface area contributed by atoms with Gasteiger partial charge in [-0.1, -0.05) is 15.9 Å². The normalized spacial score (nSPS) is 9.88. The molecule has 0 atom stereocenters. The van der Waals surface area contributed by atoms with Gasteiger partial charge < -0.3 is 10.4 Å². The maximum absolute atomic E-state index is 13.2. The Morgan fingerprint density at radius 2 is 2.12 bits per heavy atom. The number of carboxylic acid groups (broad SMARTS) is 1. The van der Waals surface area contributed by atoms with Crippen molar-refractivity contribution in [2.24, 2.45) is 0 Å². The number of amides is 1. The summed E-state index contributed by atoms with van der Waals surface area (Å²) in [6.07, 6.45) is 0.191. The Balaban J connectivity index is 2.90. The monoisotopic (exact) mass is 289 g/mol. The number of carboxylic acids is 1. The van der Waals surface area contributed by atoms with Crippen LogP contribution in [0.4, 0.5) is 10.1 Å². The zero-order valence-electron chi connectivity index (χ0n) is 8.17. The number of alkyl halides is 1. The summed E-state index contributed by atoms with van der Waals surface area (Å²) in [5.74, 6) is -2.21. The maximum Gasteiger partial charge on any atom is 0.335 e. The first-order valence-electron chi connectivity index (χ1n) is 4.43. The summed E-state index contributed by atoms with van der Waals surface area (Å²) in [5.41, 5.74) is -0.193. The molecule has 2 N–H and O–H groups in total. The lowest BCUT2D eigenvalue weighted by Gasteiger charge is -2.06. The minimum absolute atomic E-state index is 0.0736. The van der Waals surface area contributed by atoms with Crippen LogP contribution in [-0.2, 0) is 4.79 Å². The quantitative estimate of drug-likeness (QED) is 0.836. The molecule has 1 aromatic rings. The molecule has 6 heteroatoms. The Morgan fingerprint density at radius 3 is 2.69 bits per heavy atom. The van der Waals surface area contributed by atoms with Crippen molar-refractivity contribution >= 4 is 33.5 Å². The third-order valence-corrected chi connectivity index (χ3v) is 2.21.